The van der Waals surface area contributed by atoms with Gasteiger partial charge in [-0.15, -0.1) is 6.58 Å². The van der Waals surface area contributed by atoms with E-state index in [1.807, 2.05) is 13.8 Å². The van der Waals surface area contributed by atoms with Gasteiger partial charge in [0.25, 0.3) is 0 Å². The van der Waals surface area contributed by atoms with Crippen LogP contribution < -0.4 is 0 Å². The standard InChI is InChI=1S/C15H25NO2/c1-5-11-10-16-9-8-12(11)6-7-13(16)15(2,3)14(17)18-4/h5,11-13H,1,6-10H2,2-4H3/t11-,12+,13+/m0/s1. The first-order chi connectivity index (χ1) is 8.50. The minimum Gasteiger partial charge on any atom is -0.469 e. The molecular formula is C15H25NO2. The van der Waals surface area contributed by atoms with Gasteiger partial charge in [0.2, 0.25) is 0 Å². The predicted octanol–water partition coefficient (Wildman–Crippen LogP) is 2.47. The Kier molecular flexibility index (Phi) is 3.81. The molecule has 0 aliphatic carbocycles. The summed E-state index contributed by atoms with van der Waals surface area (Å²) in [6, 6.07) is 0.305. The van der Waals surface area contributed by atoms with Crippen molar-refractivity contribution in [2.45, 2.75) is 39.2 Å². The quantitative estimate of drug-likeness (QED) is 0.570. The molecule has 3 fully saturated rings. The summed E-state index contributed by atoms with van der Waals surface area (Å²) in [7, 11) is 1.49. The minimum absolute atomic E-state index is 0.0898. The first-order valence-corrected chi connectivity index (χ1v) is 6.95. The fraction of sp³-hybridized carbons (Fsp3) is 0.800. The molecule has 0 N–H and O–H groups in total. The highest BCUT2D eigenvalue weighted by molar-refractivity contribution is 5.76. The molecular weight excluding hydrogens is 226 g/mol. The highest BCUT2D eigenvalue weighted by atomic mass is 16.5. The Bertz CT molecular complexity index is 337. The highest BCUT2D eigenvalue weighted by Gasteiger charge is 2.45. The van der Waals surface area contributed by atoms with Crippen molar-refractivity contribution in [1.29, 1.82) is 0 Å². The lowest BCUT2D eigenvalue weighted by atomic mass is 9.81. The molecule has 3 heterocycles. The van der Waals surface area contributed by atoms with Gasteiger partial charge in [0.15, 0.2) is 0 Å². The number of rotatable bonds is 3. The topological polar surface area (TPSA) is 29.5 Å². The van der Waals surface area contributed by atoms with Crippen LogP contribution in [0.2, 0.25) is 0 Å². The molecule has 3 aliphatic rings. The van der Waals surface area contributed by atoms with Crippen molar-refractivity contribution < 1.29 is 9.53 Å². The lowest BCUT2D eigenvalue weighted by Gasteiger charge is -2.41. The first-order valence-electron chi connectivity index (χ1n) is 6.95. The highest BCUT2D eigenvalue weighted by Crippen LogP contribution is 2.41. The SMILES string of the molecule is C=C[C@H]1CN2CC[C@H]1CC[C@@H]2C(C)(C)C(=O)OC. The number of ether oxygens (including phenoxy) is 1. The number of fused-ring (bicyclic) bond motifs is 4. The van der Waals surface area contributed by atoms with Crippen molar-refractivity contribution in [3.05, 3.63) is 12.7 Å². The Morgan fingerprint density at radius 2 is 2.11 bits per heavy atom. The molecule has 0 aromatic carbocycles. The van der Waals surface area contributed by atoms with Crippen LogP contribution in [0.25, 0.3) is 0 Å². The largest absolute Gasteiger partial charge is 0.469 e. The molecule has 3 heteroatoms. The van der Waals surface area contributed by atoms with Crippen LogP contribution in [0.3, 0.4) is 0 Å². The molecule has 3 nitrogen and oxygen atoms in total. The lowest BCUT2D eigenvalue weighted by molar-refractivity contribution is -0.155. The van der Waals surface area contributed by atoms with Gasteiger partial charge in [-0.25, -0.2) is 0 Å². The lowest BCUT2D eigenvalue weighted by Crippen LogP contribution is -2.51. The third kappa shape index (κ3) is 2.20. The third-order valence-electron chi connectivity index (χ3n) is 4.94. The molecule has 0 amide bonds. The summed E-state index contributed by atoms with van der Waals surface area (Å²) in [6.07, 6.45) is 5.64. The van der Waals surface area contributed by atoms with Crippen LogP contribution in [0, 0.1) is 17.3 Å². The van der Waals surface area contributed by atoms with Crippen LogP contribution in [-0.4, -0.2) is 37.1 Å². The van der Waals surface area contributed by atoms with E-state index in [0.717, 1.165) is 25.4 Å². The van der Waals surface area contributed by atoms with E-state index < -0.39 is 5.41 Å². The maximum absolute atomic E-state index is 12.0. The summed E-state index contributed by atoms with van der Waals surface area (Å²) >= 11 is 0. The number of methoxy groups -OCH3 is 1. The Morgan fingerprint density at radius 3 is 2.72 bits per heavy atom. The van der Waals surface area contributed by atoms with Gasteiger partial charge in [0, 0.05) is 12.6 Å². The van der Waals surface area contributed by atoms with Gasteiger partial charge in [-0.1, -0.05) is 6.08 Å². The third-order valence-corrected chi connectivity index (χ3v) is 4.94. The fourth-order valence-corrected chi connectivity index (χ4v) is 3.74. The van der Waals surface area contributed by atoms with E-state index in [1.165, 1.54) is 20.0 Å². The second-order valence-electron chi connectivity index (χ2n) is 6.25. The van der Waals surface area contributed by atoms with E-state index in [1.54, 1.807) is 0 Å². The molecule has 0 aromatic heterocycles. The number of nitrogens with zero attached hydrogens (tertiary/aromatic N) is 1. The zero-order valence-corrected chi connectivity index (χ0v) is 11.8. The summed E-state index contributed by atoms with van der Waals surface area (Å²) in [6.45, 7) is 10.2. The van der Waals surface area contributed by atoms with E-state index >= 15 is 0 Å². The normalized spacial score (nSPS) is 35.9. The summed E-state index contributed by atoms with van der Waals surface area (Å²) in [5.74, 6) is 1.27. The molecule has 1 unspecified atom stereocenters. The van der Waals surface area contributed by atoms with Gasteiger partial charge in [-0.2, -0.15) is 0 Å². The van der Waals surface area contributed by atoms with Gasteiger partial charge in [-0.3, -0.25) is 9.69 Å². The second-order valence-corrected chi connectivity index (χ2v) is 6.25. The van der Waals surface area contributed by atoms with Gasteiger partial charge in [0.05, 0.1) is 12.5 Å². The number of carbonyl (C=O) groups excluding carboxylic acids is 1. The smallest absolute Gasteiger partial charge is 0.312 e. The number of esters is 1. The van der Waals surface area contributed by atoms with Crippen LogP contribution in [-0.2, 0) is 9.53 Å². The van der Waals surface area contributed by atoms with Gasteiger partial charge in [-0.05, 0) is 51.5 Å². The molecule has 3 aliphatic heterocycles. The monoisotopic (exact) mass is 251 g/mol. The summed E-state index contributed by atoms with van der Waals surface area (Å²) < 4.78 is 4.98. The Labute approximate surface area is 110 Å². The van der Waals surface area contributed by atoms with Crippen molar-refractivity contribution in [3.8, 4) is 0 Å². The molecule has 3 saturated heterocycles. The van der Waals surface area contributed by atoms with Crippen molar-refractivity contribution in [2.75, 3.05) is 20.2 Å². The number of hydrogen-bond acceptors (Lipinski definition) is 3. The Morgan fingerprint density at radius 1 is 1.39 bits per heavy atom. The average molecular weight is 251 g/mol. The van der Waals surface area contributed by atoms with E-state index in [4.69, 9.17) is 4.74 Å². The van der Waals surface area contributed by atoms with Crippen molar-refractivity contribution in [1.82, 2.24) is 4.90 Å². The van der Waals surface area contributed by atoms with E-state index in [9.17, 15) is 4.79 Å². The molecule has 102 valence electrons. The second kappa shape index (κ2) is 5.04. The van der Waals surface area contributed by atoms with Crippen LogP contribution in [0.15, 0.2) is 12.7 Å². The van der Waals surface area contributed by atoms with Gasteiger partial charge >= 0.3 is 5.97 Å². The van der Waals surface area contributed by atoms with Crippen LogP contribution in [0.1, 0.15) is 33.1 Å². The molecule has 4 atom stereocenters. The first kappa shape index (κ1) is 13.6. The van der Waals surface area contributed by atoms with E-state index in [0.29, 0.717) is 12.0 Å². The summed E-state index contributed by atoms with van der Waals surface area (Å²) in [5, 5.41) is 0. The average Bonchev–Trinajstić information content (AvgIpc) is 2.69. The van der Waals surface area contributed by atoms with Crippen molar-refractivity contribution in [2.24, 2.45) is 17.3 Å². The molecule has 18 heavy (non-hydrogen) atoms. The zero-order chi connectivity index (χ0) is 13.3. The minimum atomic E-state index is -0.417. The molecule has 0 aromatic rings. The maximum atomic E-state index is 12.0. The van der Waals surface area contributed by atoms with Crippen LogP contribution in [0.4, 0.5) is 0 Å². The fourth-order valence-electron chi connectivity index (χ4n) is 3.74. The summed E-state index contributed by atoms with van der Waals surface area (Å²) in [5.41, 5.74) is -0.417. The molecule has 0 saturated carbocycles. The van der Waals surface area contributed by atoms with Crippen LogP contribution in [0.5, 0.6) is 0 Å². The predicted molar refractivity (Wildman–Crippen MR) is 72.2 cm³/mol. The number of hydrogen-bond donors (Lipinski definition) is 0. The Hall–Kier alpha value is -0.830. The van der Waals surface area contributed by atoms with Crippen molar-refractivity contribution in [3.63, 3.8) is 0 Å². The molecule has 3 rings (SSSR count). The zero-order valence-electron chi connectivity index (χ0n) is 11.8. The summed E-state index contributed by atoms with van der Waals surface area (Å²) in [4.78, 5) is 14.5. The van der Waals surface area contributed by atoms with Gasteiger partial charge < -0.3 is 4.74 Å². The maximum Gasteiger partial charge on any atom is 0.312 e. The number of carbonyl (C=O) groups is 1. The molecule has 0 spiro atoms. The number of piperidine rings is 1. The molecule has 0 radical (unpaired) electrons. The van der Waals surface area contributed by atoms with Gasteiger partial charge in [0.1, 0.15) is 0 Å². The van der Waals surface area contributed by atoms with E-state index in [-0.39, 0.29) is 5.97 Å². The van der Waals surface area contributed by atoms with E-state index in [2.05, 4.69) is 17.6 Å². The van der Waals surface area contributed by atoms with Crippen LogP contribution >= 0.6 is 0 Å². The van der Waals surface area contributed by atoms with Crippen molar-refractivity contribution >= 4 is 5.97 Å². The Balaban J connectivity index is 2.20. The molecule has 2 bridgehead atoms.